The van der Waals surface area contributed by atoms with Crippen LogP contribution >= 0.6 is 0 Å². The third-order valence-electron chi connectivity index (χ3n) is 3.16. The molecule has 0 aliphatic heterocycles. The lowest BCUT2D eigenvalue weighted by molar-refractivity contribution is 0.124. The summed E-state index contributed by atoms with van der Waals surface area (Å²) in [7, 11) is 0. The predicted octanol–water partition coefficient (Wildman–Crippen LogP) is 2.05. The van der Waals surface area contributed by atoms with Crippen molar-refractivity contribution in [2.24, 2.45) is 5.90 Å². The SMILES string of the molecule is NOCc1ccc2[nH]c3c(c2c1)CCC3. The van der Waals surface area contributed by atoms with Crippen molar-refractivity contribution >= 4 is 10.9 Å². The lowest BCUT2D eigenvalue weighted by atomic mass is 10.1. The molecule has 3 N–H and O–H groups in total. The minimum absolute atomic E-state index is 0.482. The number of nitrogens with one attached hydrogen (secondary N) is 1. The first-order chi connectivity index (χ1) is 7.38. The number of benzene rings is 1. The second-order valence-electron chi connectivity index (χ2n) is 4.13. The van der Waals surface area contributed by atoms with E-state index in [4.69, 9.17) is 5.90 Å². The van der Waals surface area contributed by atoms with E-state index in [1.165, 1.54) is 41.4 Å². The molecule has 0 saturated heterocycles. The normalized spacial score (nSPS) is 14.7. The average Bonchev–Trinajstić information content (AvgIpc) is 2.78. The van der Waals surface area contributed by atoms with Gasteiger partial charge in [-0.05, 0) is 42.5 Å². The van der Waals surface area contributed by atoms with Crippen LogP contribution in [0.25, 0.3) is 10.9 Å². The molecule has 0 atom stereocenters. The minimum atomic E-state index is 0.482. The highest BCUT2D eigenvalue weighted by Crippen LogP contribution is 2.30. The summed E-state index contributed by atoms with van der Waals surface area (Å²) in [5.74, 6) is 5.08. The number of nitrogens with two attached hydrogens (primary N) is 1. The molecule has 0 bridgehead atoms. The van der Waals surface area contributed by atoms with Crippen LogP contribution < -0.4 is 5.90 Å². The van der Waals surface area contributed by atoms with Crippen molar-refractivity contribution in [2.45, 2.75) is 25.9 Å². The number of rotatable bonds is 2. The van der Waals surface area contributed by atoms with Gasteiger partial charge >= 0.3 is 0 Å². The first-order valence-electron chi connectivity index (χ1n) is 5.32. The van der Waals surface area contributed by atoms with Crippen LogP contribution in [-0.4, -0.2) is 4.98 Å². The summed E-state index contributed by atoms with van der Waals surface area (Å²) in [5, 5.41) is 1.34. The molecule has 1 aliphatic rings. The zero-order chi connectivity index (χ0) is 10.3. The molecule has 78 valence electrons. The van der Waals surface area contributed by atoms with Gasteiger partial charge in [0.05, 0.1) is 6.61 Å². The van der Waals surface area contributed by atoms with E-state index >= 15 is 0 Å². The molecule has 0 radical (unpaired) electrons. The molecule has 3 nitrogen and oxygen atoms in total. The number of aromatic amines is 1. The van der Waals surface area contributed by atoms with E-state index in [1.807, 2.05) is 0 Å². The van der Waals surface area contributed by atoms with Crippen molar-refractivity contribution in [3.05, 3.63) is 35.0 Å². The van der Waals surface area contributed by atoms with E-state index in [1.54, 1.807) is 0 Å². The summed E-state index contributed by atoms with van der Waals surface area (Å²) >= 11 is 0. The van der Waals surface area contributed by atoms with Gasteiger partial charge in [-0.2, -0.15) is 0 Å². The molecule has 2 aromatic rings. The number of H-pyrrole nitrogens is 1. The molecule has 0 saturated carbocycles. The Hall–Kier alpha value is -1.32. The van der Waals surface area contributed by atoms with Crippen molar-refractivity contribution < 1.29 is 4.84 Å². The first kappa shape index (κ1) is 8.95. The first-order valence-corrected chi connectivity index (χ1v) is 5.32. The fourth-order valence-electron chi connectivity index (χ4n) is 2.48. The highest BCUT2D eigenvalue weighted by molar-refractivity contribution is 5.85. The fourth-order valence-corrected chi connectivity index (χ4v) is 2.48. The Kier molecular flexibility index (Phi) is 2.01. The van der Waals surface area contributed by atoms with Gasteiger partial charge < -0.3 is 4.98 Å². The van der Waals surface area contributed by atoms with Crippen LogP contribution in [0.4, 0.5) is 0 Å². The summed E-state index contributed by atoms with van der Waals surface area (Å²) in [6.45, 7) is 0.482. The van der Waals surface area contributed by atoms with Crippen LogP contribution in [0, 0.1) is 0 Å². The second-order valence-corrected chi connectivity index (χ2v) is 4.13. The Labute approximate surface area is 88.2 Å². The van der Waals surface area contributed by atoms with E-state index in [9.17, 15) is 0 Å². The lowest BCUT2D eigenvalue weighted by Crippen LogP contribution is -1.98. The zero-order valence-electron chi connectivity index (χ0n) is 8.55. The maximum absolute atomic E-state index is 5.08. The molecular formula is C12H14N2O. The van der Waals surface area contributed by atoms with E-state index < -0.39 is 0 Å². The number of hydrogen-bond acceptors (Lipinski definition) is 2. The second kappa shape index (κ2) is 3.36. The van der Waals surface area contributed by atoms with Gasteiger partial charge in [0.25, 0.3) is 0 Å². The molecule has 15 heavy (non-hydrogen) atoms. The van der Waals surface area contributed by atoms with Crippen molar-refractivity contribution in [3.8, 4) is 0 Å². The average molecular weight is 202 g/mol. The van der Waals surface area contributed by atoms with Crippen LogP contribution in [-0.2, 0) is 24.3 Å². The van der Waals surface area contributed by atoms with Crippen LogP contribution in [0.15, 0.2) is 18.2 Å². The molecule has 3 rings (SSSR count). The van der Waals surface area contributed by atoms with Gasteiger partial charge in [0.15, 0.2) is 0 Å². The van der Waals surface area contributed by atoms with Gasteiger partial charge in [0.1, 0.15) is 0 Å². The third kappa shape index (κ3) is 1.35. The largest absolute Gasteiger partial charge is 0.358 e. The molecule has 1 aliphatic carbocycles. The highest BCUT2D eigenvalue weighted by Gasteiger charge is 2.16. The predicted molar refractivity (Wildman–Crippen MR) is 59.3 cm³/mol. The van der Waals surface area contributed by atoms with Gasteiger partial charge in [0, 0.05) is 16.6 Å². The van der Waals surface area contributed by atoms with E-state index in [0.717, 1.165) is 5.56 Å². The van der Waals surface area contributed by atoms with Crippen molar-refractivity contribution in [3.63, 3.8) is 0 Å². The molecule has 1 aromatic heterocycles. The minimum Gasteiger partial charge on any atom is -0.358 e. The Balaban J connectivity index is 2.16. The molecule has 0 fully saturated rings. The summed E-state index contributed by atoms with van der Waals surface area (Å²) in [4.78, 5) is 8.14. The van der Waals surface area contributed by atoms with E-state index in [2.05, 4.69) is 28.0 Å². The molecule has 3 heteroatoms. The summed E-state index contributed by atoms with van der Waals surface area (Å²) in [6.07, 6.45) is 3.66. The van der Waals surface area contributed by atoms with Gasteiger partial charge in [-0.1, -0.05) is 6.07 Å². The summed E-state index contributed by atoms with van der Waals surface area (Å²) < 4.78 is 0. The Morgan fingerprint density at radius 1 is 1.33 bits per heavy atom. The molecule has 0 amide bonds. The standard InChI is InChI=1S/C12H14N2O/c13-15-7-8-4-5-12-10(6-8)9-2-1-3-11(9)14-12/h4-6,14H,1-3,7,13H2. The maximum atomic E-state index is 5.08. The Morgan fingerprint density at radius 2 is 2.27 bits per heavy atom. The topological polar surface area (TPSA) is 51.0 Å². The fraction of sp³-hybridized carbons (Fsp3) is 0.333. The lowest BCUT2D eigenvalue weighted by Gasteiger charge is -2.00. The molecule has 1 aromatic carbocycles. The highest BCUT2D eigenvalue weighted by atomic mass is 16.6. The van der Waals surface area contributed by atoms with Gasteiger partial charge in [0.2, 0.25) is 0 Å². The monoisotopic (exact) mass is 202 g/mol. The summed E-state index contributed by atoms with van der Waals surface area (Å²) in [5.41, 5.74) is 5.28. The molecule has 0 spiro atoms. The van der Waals surface area contributed by atoms with Crippen LogP contribution in [0.1, 0.15) is 23.2 Å². The number of aryl methyl sites for hydroxylation is 2. The van der Waals surface area contributed by atoms with Gasteiger partial charge in [-0.3, -0.25) is 4.84 Å². The van der Waals surface area contributed by atoms with E-state index in [-0.39, 0.29) is 0 Å². The Bertz CT molecular complexity index is 502. The molecular weight excluding hydrogens is 188 g/mol. The quantitative estimate of drug-likeness (QED) is 0.732. The van der Waals surface area contributed by atoms with Crippen LogP contribution in [0.5, 0.6) is 0 Å². The molecule has 1 heterocycles. The van der Waals surface area contributed by atoms with Gasteiger partial charge in [-0.25, -0.2) is 5.90 Å². The zero-order valence-corrected chi connectivity index (χ0v) is 8.55. The Morgan fingerprint density at radius 3 is 3.13 bits per heavy atom. The third-order valence-corrected chi connectivity index (χ3v) is 3.16. The van der Waals surface area contributed by atoms with Crippen molar-refractivity contribution in [2.75, 3.05) is 0 Å². The van der Waals surface area contributed by atoms with Crippen molar-refractivity contribution in [1.29, 1.82) is 0 Å². The van der Waals surface area contributed by atoms with Gasteiger partial charge in [-0.15, -0.1) is 0 Å². The van der Waals surface area contributed by atoms with Crippen LogP contribution in [0.3, 0.4) is 0 Å². The molecule has 0 unspecified atom stereocenters. The summed E-state index contributed by atoms with van der Waals surface area (Å²) in [6, 6.07) is 6.35. The van der Waals surface area contributed by atoms with Crippen LogP contribution in [0.2, 0.25) is 0 Å². The van der Waals surface area contributed by atoms with Crippen molar-refractivity contribution in [1.82, 2.24) is 4.98 Å². The smallest absolute Gasteiger partial charge is 0.0930 e. The number of hydrogen-bond donors (Lipinski definition) is 2. The maximum Gasteiger partial charge on any atom is 0.0930 e. The number of aromatic nitrogens is 1. The number of fused-ring (bicyclic) bond motifs is 3. The van der Waals surface area contributed by atoms with E-state index in [0.29, 0.717) is 6.61 Å².